The summed E-state index contributed by atoms with van der Waals surface area (Å²) < 4.78 is 3.14. The molecule has 0 radical (unpaired) electrons. The van der Waals surface area contributed by atoms with Crippen molar-refractivity contribution < 1.29 is 0 Å². The molecule has 84 valence electrons. The number of hydrogen-bond acceptors (Lipinski definition) is 0. The summed E-state index contributed by atoms with van der Waals surface area (Å²) in [6.45, 7) is 0. The Kier molecular flexibility index (Phi) is 4.38. The minimum atomic E-state index is -1.68. The van der Waals surface area contributed by atoms with Gasteiger partial charge in [0.15, 0.2) is 0 Å². The molecule has 0 spiro atoms. The number of benzene rings is 1. The Morgan fingerprint density at radius 1 is 1.00 bits per heavy atom. The Morgan fingerprint density at radius 3 is 2.00 bits per heavy atom. The predicted octanol–water partition coefficient (Wildman–Crippen LogP) is 3.65. The molecule has 0 bridgehead atoms. The van der Waals surface area contributed by atoms with Crippen LogP contribution in [-0.2, 0) is 4.44 Å². The average Bonchev–Trinajstić information content (AvgIpc) is 1.99. The van der Waals surface area contributed by atoms with E-state index >= 15 is 0 Å². The molecule has 0 saturated carbocycles. The standard InChI is InChI=1S/C10H15Ge.3CH3.Sn/c1-9-7-5-6-8-10(9)11(2,3)4;;;;/h5-8H,1H2,2-4H3;3*1H3;. The van der Waals surface area contributed by atoms with Crippen molar-refractivity contribution >= 4 is 36.0 Å². The zero-order valence-corrected chi connectivity index (χ0v) is 16.0. The first-order valence-corrected chi connectivity index (χ1v) is 23.7. The van der Waals surface area contributed by atoms with E-state index in [-0.39, 0.29) is 0 Å². The van der Waals surface area contributed by atoms with Crippen LogP contribution in [0, 0.1) is 0 Å². The minimum absolute atomic E-state index is 1.41. The van der Waals surface area contributed by atoms with Crippen molar-refractivity contribution in [3.8, 4) is 0 Å². The summed E-state index contributed by atoms with van der Waals surface area (Å²) >= 11 is -3.32. The first kappa shape index (κ1) is 13.6. The molecular weight excluding hydrogens is 347 g/mol. The summed E-state index contributed by atoms with van der Waals surface area (Å²) in [6, 6.07) is 9.18. The zero-order chi connectivity index (χ0) is 11.7. The molecule has 1 aromatic carbocycles. The van der Waals surface area contributed by atoms with Gasteiger partial charge in [-0.3, -0.25) is 0 Å². The molecule has 0 fully saturated rings. The molecule has 0 heterocycles. The van der Waals surface area contributed by atoms with Crippen molar-refractivity contribution in [2.45, 2.75) is 36.5 Å². The van der Waals surface area contributed by atoms with Crippen molar-refractivity contribution in [2.24, 2.45) is 0 Å². The Labute approximate surface area is 102 Å². The van der Waals surface area contributed by atoms with Crippen molar-refractivity contribution in [3.05, 3.63) is 29.8 Å². The Hall–Kier alpha value is 0.562. The molecule has 15 heavy (non-hydrogen) atoms. The molecule has 0 amide bonds. The molecule has 0 aliphatic heterocycles. The van der Waals surface area contributed by atoms with Crippen LogP contribution in [0.25, 0.3) is 0 Å². The summed E-state index contributed by atoms with van der Waals surface area (Å²) in [5, 5.41) is 0. The van der Waals surface area contributed by atoms with E-state index in [2.05, 4.69) is 56.4 Å². The molecule has 0 atom stereocenters. The normalized spacial score (nSPS) is 12.9. The van der Waals surface area contributed by atoms with Gasteiger partial charge in [0.1, 0.15) is 0 Å². The van der Waals surface area contributed by atoms with Crippen molar-refractivity contribution in [3.63, 3.8) is 0 Å². The Morgan fingerprint density at radius 2 is 1.53 bits per heavy atom. The van der Waals surface area contributed by atoms with E-state index in [1.54, 1.807) is 9.96 Å². The van der Waals surface area contributed by atoms with Crippen LogP contribution in [0.4, 0.5) is 0 Å². The quantitative estimate of drug-likeness (QED) is 0.712. The van der Waals surface area contributed by atoms with Gasteiger partial charge in [0.05, 0.1) is 0 Å². The van der Waals surface area contributed by atoms with Crippen molar-refractivity contribution in [1.82, 2.24) is 0 Å². The fourth-order valence-corrected chi connectivity index (χ4v) is 10.8. The number of hydrogen-bond donors (Lipinski definition) is 0. The van der Waals surface area contributed by atoms with Gasteiger partial charge in [0.25, 0.3) is 0 Å². The third-order valence-electron chi connectivity index (χ3n) is 2.55. The number of rotatable bonds is 3. The second kappa shape index (κ2) is 4.82. The van der Waals surface area contributed by atoms with E-state index in [9.17, 15) is 0 Å². The Balaban J connectivity index is 3.08. The summed E-state index contributed by atoms with van der Waals surface area (Å²) in [6.07, 6.45) is 0. The predicted molar refractivity (Wildman–Crippen MR) is 76.5 cm³/mol. The van der Waals surface area contributed by atoms with E-state index in [0.717, 1.165) is 0 Å². The van der Waals surface area contributed by atoms with E-state index in [1.807, 2.05) is 0 Å². The third kappa shape index (κ3) is 4.51. The molecule has 0 unspecified atom stereocenters. The van der Waals surface area contributed by atoms with Gasteiger partial charge in [-0.05, 0) is 0 Å². The van der Waals surface area contributed by atoms with Crippen molar-refractivity contribution in [2.75, 3.05) is 0 Å². The molecule has 0 N–H and O–H groups in total. The van der Waals surface area contributed by atoms with Gasteiger partial charge in [0, 0.05) is 0 Å². The van der Waals surface area contributed by atoms with Gasteiger partial charge in [-0.2, -0.15) is 0 Å². The monoisotopic (exact) mass is 374 g/mol. The van der Waals surface area contributed by atoms with Crippen LogP contribution in [0.5, 0.6) is 0 Å². The summed E-state index contributed by atoms with van der Waals surface area (Å²) in [7, 11) is 0. The molecular formula is C13H24GeSn. The van der Waals surface area contributed by atoms with Crippen LogP contribution in [-0.4, -0.2) is 31.6 Å². The summed E-state index contributed by atoms with van der Waals surface area (Å²) in [4.78, 5) is 7.59. The molecule has 0 aliphatic rings. The van der Waals surface area contributed by atoms with E-state index < -0.39 is 31.6 Å². The third-order valence-corrected chi connectivity index (χ3v) is 11.1. The molecule has 0 aliphatic carbocycles. The van der Waals surface area contributed by atoms with Gasteiger partial charge in [-0.15, -0.1) is 0 Å². The fraction of sp³-hybridized carbons (Fsp3) is 0.538. The molecule has 0 saturated heterocycles. The zero-order valence-electron chi connectivity index (χ0n) is 11.0. The average molecular weight is 372 g/mol. The van der Waals surface area contributed by atoms with Crippen molar-refractivity contribution in [1.29, 1.82) is 0 Å². The SMILES string of the molecule is [CH3][Ge]([CH3])([CH3])[c]1ccccc1[CH2][Sn]([CH3])([CH3])[CH3]. The maximum absolute atomic E-state index is 2.53. The maximum atomic E-state index is 2.53. The van der Waals surface area contributed by atoms with Gasteiger partial charge < -0.3 is 0 Å². The van der Waals surface area contributed by atoms with Crippen LogP contribution in [0.15, 0.2) is 24.3 Å². The van der Waals surface area contributed by atoms with Crippen LogP contribution < -0.4 is 4.40 Å². The topological polar surface area (TPSA) is 0 Å². The molecule has 1 rings (SSSR count). The second-order valence-electron chi connectivity index (χ2n) is 6.64. The first-order valence-electron chi connectivity index (χ1n) is 5.78. The fourth-order valence-electron chi connectivity index (χ4n) is 1.98. The second-order valence-corrected chi connectivity index (χ2v) is 32.8. The first-order chi connectivity index (χ1) is 6.70. The summed E-state index contributed by atoms with van der Waals surface area (Å²) in [5.41, 5.74) is 1.67. The van der Waals surface area contributed by atoms with Gasteiger partial charge in [-0.25, -0.2) is 0 Å². The molecule has 1 aromatic rings. The van der Waals surface area contributed by atoms with Gasteiger partial charge in [0.2, 0.25) is 0 Å². The van der Waals surface area contributed by atoms with E-state index in [0.29, 0.717) is 0 Å². The van der Waals surface area contributed by atoms with Crippen LogP contribution in [0.1, 0.15) is 5.56 Å². The van der Waals surface area contributed by atoms with Crippen LogP contribution >= 0.6 is 0 Å². The van der Waals surface area contributed by atoms with Gasteiger partial charge >= 0.3 is 102 Å². The molecule has 2 heteroatoms. The van der Waals surface area contributed by atoms with E-state index in [1.165, 1.54) is 4.44 Å². The van der Waals surface area contributed by atoms with E-state index in [4.69, 9.17) is 0 Å². The molecule has 0 nitrogen and oxygen atoms in total. The summed E-state index contributed by atoms with van der Waals surface area (Å²) in [5.74, 6) is 7.49. The molecule has 0 aromatic heterocycles. The Bertz CT molecular complexity index is 331. The van der Waals surface area contributed by atoms with Gasteiger partial charge in [-0.1, -0.05) is 0 Å². The van der Waals surface area contributed by atoms with Crippen LogP contribution in [0.2, 0.25) is 32.1 Å². The van der Waals surface area contributed by atoms with Crippen LogP contribution in [0.3, 0.4) is 0 Å².